The molecule has 5 nitrogen and oxygen atoms in total. The van der Waals surface area contributed by atoms with Crippen LogP contribution in [0.15, 0.2) is 29.2 Å². The first-order valence-electron chi connectivity index (χ1n) is 7.34. The highest BCUT2D eigenvalue weighted by Crippen LogP contribution is 2.31. The summed E-state index contributed by atoms with van der Waals surface area (Å²) in [6, 6.07) is 6.50. The normalized spacial score (nSPS) is 22.1. The lowest BCUT2D eigenvalue weighted by Crippen LogP contribution is -2.38. The van der Waals surface area contributed by atoms with Crippen molar-refractivity contribution in [2.24, 2.45) is 5.92 Å². The van der Waals surface area contributed by atoms with Gasteiger partial charge in [-0.1, -0.05) is 0 Å². The van der Waals surface area contributed by atoms with E-state index in [1.165, 1.54) is 0 Å². The molecule has 0 atom stereocenters. The maximum absolute atomic E-state index is 12.0. The van der Waals surface area contributed by atoms with E-state index in [2.05, 4.69) is 10.0 Å². The highest BCUT2D eigenvalue weighted by atomic mass is 32.2. The molecular formula is C15H24N2O3S. The van der Waals surface area contributed by atoms with Crippen LogP contribution in [-0.4, -0.2) is 34.2 Å². The number of rotatable bonds is 7. The summed E-state index contributed by atoms with van der Waals surface area (Å²) in [6.07, 6.45) is 2.35. The molecule has 0 radical (unpaired) electrons. The molecule has 1 aliphatic carbocycles. The topological polar surface area (TPSA) is 67.4 Å². The van der Waals surface area contributed by atoms with E-state index in [9.17, 15) is 8.42 Å². The van der Waals surface area contributed by atoms with Crippen molar-refractivity contribution in [2.45, 2.75) is 43.7 Å². The molecule has 0 saturated heterocycles. The fraction of sp³-hybridized carbons (Fsp3) is 0.600. The average molecular weight is 312 g/mol. The van der Waals surface area contributed by atoms with E-state index in [4.69, 9.17) is 4.74 Å². The second kappa shape index (κ2) is 6.77. The minimum Gasteiger partial charge on any atom is -0.490 e. The van der Waals surface area contributed by atoms with Crippen LogP contribution in [0.5, 0.6) is 5.75 Å². The molecule has 1 aliphatic rings. The number of hydrogen-bond acceptors (Lipinski definition) is 4. The summed E-state index contributed by atoms with van der Waals surface area (Å²) in [5, 5.41) is 3.16. The Labute approximate surface area is 127 Å². The number of benzene rings is 1. The predicted molar refractivity (Wildman–Crippen MR) is 83.0 cm³/mol. The summed E-state index contributed by atoms with van der Waals surface area (Å²) in [5.41, 5.74) is 0. The summed E-state index contributed by atoms with van der Waals surface area (Å²) in [5.74, 6) is 1.42. The van der Waals surface area contributed by atoms with Crippen LogP contribution >= 0.6 is 0 Å². The van der Waals surface area contributed by atoms with Crippen molar-refractivity contribution in [2.75, 3.05) is 13.6 Å². The number of nitrogens with one attached hydrogen (secondary N) is 2. The molecule has 0 spiro atoms. The zero-order chi connectivity index (χ0) is 15.5. The lowest BCUT2D eigenvalue weighted by atomic mass is 9.82. The fourth-order valence-corrected chi connectivity index (χ4v) is 3.75. The smallest absolute Gasteiger partial charge is 0.240 e. The van der Waals surface area contributed by atoms with Crippen LogP contribution in [-0.2, 0) is 10.0 Å². The molecule has 0 aromatic heterocycles. The largest absolute Gasteiger partial charge is 0.490 e. The van der Waals surface area contributed by atoms with Gasteiger partial charge in [0.1, 0.15) is 5.75 Å². The number of sulfonamides is 1. The predicted octanol–water partition coefficient (Wildman–Crippen LogP) is 1.75. The third-order valence-corrected chi connectivity index (χ3v) is 5.19. The first-order valence-corrected chi connectivity index (χ1v) is 8.82. The number of ether oxygens (including phenoxy) is 1. The van der Waals surface area contributed by atoms with Crippen molar-refractivity contribution in [1.29, 1.82) is 0 Å². The van der Waals surface area contributed by atoms with Gasteiger partial charge in [-0.15, -0.1) is 0 Å². The quantitative estimate of drug-likeness (QED) is 0.805. The molecule has 1 fully saturated rings. The third kappa shape index (κ3) is 4.43. The Bertz CT molecular complexity index is 549. The molecule has 21 heavy (non-hydrogen) atoms. The Kier molecular flexibility index (Phi) is 5.24. The Morgan fingerprint density at radius 3 is 2.38 bits per heavy atom. The van der Waals surface area contributed by atoms with Crippen molar-refractivity contribution >= 4 is 10.0 Å². The van der Waals surface area contributed by atoms with Crippen LogP contribution < -0.4 is 14.8 Å². The first kappa shape index (κ1) is 16.3. The van der Waals surface area contributed by atoms with Crippen LogP contribution in [0.3, 0.4) is 0 Å². The molecule has 1 aromatic carbocycles. The van der Waals surface area contributed by atoms with Gasteiger partial charge >= 0.3 is 0 Å². The minimum absolute atomic E-state index is 0.120. The van der Waals surface area contributed by atoms with Crippen molar-refractivity contribution < 1.29 is 13.2 Å². The lowest BCUT2D eigenvalue weighted by Gasteiger charge is -2.35. The van der Waals surface area contributed by atoms with Gasteiger partial charge in [0.15, 0.2) is 0 Å². The van der Waals surface area contributed by atoms with E-state index in [-0.39, 0.29) is 17.0 Å². The second-order valence-electron chi connectivity index (χ2n) is 5.88. The van der Waals surface area contributed by atoms with Crippen molar-refractivity contribution in [3.8, 4) is 5.75 Å². The summed E-state index contributed by atoms with van der Waals surface area (Å²) in [4.78, 5) is 0.269. The van der Waals surface area contributed by atoms with Gasteiger partial charge in [-0.25, -0.2) is 13.1 Å². The molecule has 0 bridgehead atoms. The SMILES string of the molecule is CNCC1CC(Oc2ccc(S(=O)(=O)NC(C)C)cc2)C1. The molecule has 1 aromatic rings. The average Bonchev–Trinajstić information content (AvgIpc) is 2.35. The van der Waals surface area contributed by atoms with E-state index in [0.29, 0.717) is 5.92 Å². The first-order chi connectivity index (χ1) is 9.90. The fourth-order valence-electron chi connectivity index (χ4n) is 2.49. The Morgan fingerprint density at radius 1 is 1.24 bits per heavy atom. The van der Waals surface area contributed by atoms with Crippen LogP contribution in [0.1, 0.15) is 26.7 Å². The lowest BCUT2D eigenvalue weighted by molar-refractivity contribution is 0.0657. The van der Waals surface area contributed by atoms with E-state index >= 15 is 0 Å². The third-order valence-electron chi connectivity index (χ3n) is 3.51. The van der Waals surface area contributed by atoms with Crippen LogP contribution in [0.4, 0.5) is 0 Å². The maximum Gasteiger partial charge on any atom is 0.240 e. The maximum atomic E-state index is 12.0. The van der Waals surface area contributed by atoms with Gasteiger partial charge in [0.2, 0.25) is 10.0 Å². The van der Waals surface area contributed by atoms with Crippen molar-refractivity contribution in [3.63, 3.8) is 0 Å². The van der Waals surface area contributed by atoms with E-state index in [1.807, 2.05) is 7.05 Å². The zero-order valence-corrected chi connectivity index (χ0v) is 13.6. The van der Waals surface area contributed by atoms with E-state index < -0.39 is 10.0 Å². The molecule has 118 valence electrons. The molecule has 6 heteroatoms. The molecule has 1 saturated carbocycles. The van der Waals surface area contributed by atoms with Gasteiger partial charge < -0.3 is 10.1 Å². The van der Waals surface area contributed by atoms with Gasteiger partial charge in [-0.05, 0) is 70.5 Å². The van der Waals surface area contributed by atoms with Crippen LogP contribution in [0, 0.1) is 5.92 Å². The minimum atomic E-state index is -3.43. The van der Waals surface area contributed by atoms with Crippen molar-refractivity contribution in [1.82, 2.24) is 10.0 Å². The molecule has 2 N–H and O–H groups in total. The highest BCUT2D eigenvalue weighted by Gasteiger charge is 2.30. The van der Waals surface area contributed by atoms with Gasteiger partial charge in [-0.2, -0.15) is 0 Å². The second-order valence-corrected chi connectivity index (χ2v) is 7.60. The van der Waals surface area contributed by atoms with Gasteiger partial charge in [0.05, 0.1) is 11.0 Å². The van der Waals surface area contributed by atoms with Gasteiger partial charge in [-0.3, -0.25) is 0 Å². The Hall–Kier alpha value is -1.11. The van der Waals surface area contributed by atoms with Crippen LogP contribution in [0.2, 0.25) is 0 Å². The van der Waals surface area contributed by atoms with Gasteiger partial charge in [0, 0.05) is 6.04 Å². The zero-order valence-electron chi connectivity index (χ0n) is 12.8. The summed E-state index contributed by atoms with van der Waals surface area (Å²) < 4.78 is 32.4. The summed E-state index contributed by atoms with van der Waals surface area (Å²) in [6.45, 7) is 4.62. The molecular weight excluding hydrogens is 288 g/mol. The number of hydrogen-bond donors (Lipinski definition) is 2. The highest BCUT2D eigenvalue weighted by molar-refractivity contribution is 7.89. The Morgan fingerprint density at radius 2 is 1.86 bits per heavy atom. The van der Waals surface area contributed by atoms with Crippen molar-refractivity contribution in [3.05, 3.63) is 24.3 Å². The van der Waals surface area contributed by atoms with Crippen LogP contribution in [0.25, 0.3) is 0 Å². The molecule has 0 amide bonds. The summed E-state index contributed by atoms with van der Waals surface area (Å²) in [7, 11) is -1.47. The summed E-state index contributed by atoms with van der Waals surface area (Å²) >= 11 is 0. The van der Waals surface area contributed by atoms with Gasteiger partial charge in [0.25, 0.3) is 0 Å². The van der Waals surface area contributed by atoms with E-state index in [1.54, 1.807) is 38.1 Å². The molecule has 2 rings (SSSR count). The molecule has 0 unspecified atom stereocenters. The van der Waals surface area contributed by atoms with E-state index in [0.717, 1.165) is 25.1 Å². The molecule has 0 heterocycles. The standard InChI is InChI=1S/C15H24N2O3S/c1-11(2)17-21(18,19)15-6-4-13(5-7-15)20-14-8-12(9-14)10-16-3/h4-7,11-12,14,16-17H,8-10H2,1-3H3. The monoisotopic (exact) mass is 312 g/mol. The Balaban J connectivity index is 1.91. The molecule has 0 aliphatic heterocycles.